The van der Waals surface area contributed by atoms with Crippen LogP contribution in [0.25, 0.3) is 0 Å². The van der Waals surface area contributed by atoms with Crippen LogP contribution in [0.2, 0.25) is 5.02 Å². The molecule has 3 N–H and O–H groups in total. The number of hydrogen-bond donors (Lipinski definition) is 2. The molecule has 0 aliphatic carbocycles. The lowest BCUT2D eigenvalue weighted by Crippen LogP contribution is -2.32. The van der Waals surface area contributed by atoms with Crippen molar-refractivity contribution in [1.29, 1.82) is 0 Å². The van der Waals surface area contributed by atoms with Gasteiger partial charge in [-0.15, -0.1) is 0 Å². The van der Waals surface area contributed by atoms with Gasteiger partial charge in [0, 0.05) is 24.2 Å². The summed E-state index contributed by atoms with van der Waals surface area (Å²) in [5.41, 5.74) is 6.94. The summed E-state index contributed by atoms with van der Waals surface area (Å²) in [7, 11) is 1.95. The minimum Gasteiger partial charge on any atom is -0.457 e. The van der Waals surface area contributed by atoms with Crippen molar-refractivity contribution in [2.45, 2.75) is 6.04 Å². The molecule has 0 bridgehead atoms. The van der Waals surface area contributed by atoms with E-state index in [-0.39, 0.29) is 12.6 Å². The van der Waals surface area contributed by atoms with Crippen LogP contribution in [-0.2, 0) is 0 Å². The third-order valence-electron chi connectivity index (χ3n) is 3.52. The van der Waals surface area contributed by atoms with Crippen molar-refractivity contribution < 1.29 is 9.84 Å². The number of ether oxygens (including phenoxy) is 1. The quantitative estimate of drug-likeness (QED) is 0.823. The second kappa shape index (κ2) is 8.15. The van der Waals surface area contributed by atoms with Crippen LogP contribution >= 0.6 is 11.6 Å². The van der Waals surface area contributed by atoms with Crippen molar-refractivity contribution in [3.05, 3.63) is 59.1 Å². The van der Waals surface area contributed by atoms with E-state index >= 15 is 0 Å². The molecule has 0 aromatic heterocycles. The number of nitrogens with zero attached hydrogens (tertiary/aromatic N) is 1. The zero-order valence-electron chi connectivity index (χ0n) is 12.6. The Hall–Kier alpha value is -1.59. The van der Waals surface area contributed by atoms with Gasteiger partial charge in [-0.05, 0) is 49.0 Å². The Morgan fingerprint density at radius 2 is 1.64 bits per heavy atom. The number of halogens is 1. The van der Waals surface area contributed by atoms with Gasteiger partial charge in [0.1, 0.15) is 11.5 Å². The lowest BCUT2D eigenvalue weighted by atomic mass is 10.1. The van der Waals surface area contributed by atoms with Crippen molar-refractivity contribution in [1.82, 2.24) is 4.90 Å². The van der Waals surface area contributed by atoms with Crippen LogP contribution < -0.4 is 10.5 Å². The molecule has 1 atom stereocenters. The number of hydrogen-bond acceptors (Lipinski definition) is 4. The molecule has 4 nitrogen and oxygen atoms in total. The summed E-state index contributed by atoms with van der Waals surface area (Å²) >= 11 is 5.85. The number of aliphatic hydroxyl groups is 1. The highest BCUT2D eigenvalue weighted by atomic mass is 35.5. The van der Waals surface area contributed by atoms with Gasteiger partial charge in [0.2, 0.25) is 0 Å². The first kappa shape index (κ1) is 16.8. The molecule has 0 spiro atoms. The van der Waals surface area contributed by atoms with Crippen molar-refractivity contribution in [3.8, 4) is 11.5 Å². The number of rotatable bonds is 7. The zero-order valence-corrected chi connectivity index (χ0v) is 13.3. The van der Waals surface area contributed by atoms with Crippen molar-refractivity contribution in [2.75, 3.05) is 26.7 Å². The van der Waals surface area contributed by atoms with Crippen LogP contribution in [0.5, 0.6) is 11.5 Å². The predicted octanol–water partition coefficient (Wildman–Crippen LogP) is 3.06. The minimum absolute atomic E-state index is 0.0803. The Labute approximate surface area is 136 Å². The highest BCUT2D eigenvalue weighted by Gasteiger charge is 2.14. The Kier molecular flexibility index (Phi) is 6.21. The maximum atomic E-state index is 9.04. The van der Waals surface area contributed by atoms with E-state index in [0.29, 0.717) is 18.1 Å². The van der Waals surface area contributed by atoms with Gasteiger partial charge in [-0.3, -0.25) is 4.90 Å². The van der Waals surface area contributed by atoms with Crippen LogP contribution in [0.15, 0.2) is 48.5 Å². The lowest BCUT2D eigenvalue weighted by Gasteiger charge is -2.26. The van der Waals surface area contributed by atoms with Gasteiger partial charge in [-0.1, -0.05) is 23.7 Å². The van der Waals surface area contributed by atoms with Gasteiger partial charge in [0.15, 0.2) is 0 Å². The Balaban J connectivity index is 2.07. The van der Waals surface area contributed by atoms with Crippen molar-refractivity contribution >= 4 is 11.6 Å². The third kappa shape index (κ3) is 4.45. The molecule has 0 heterocycles. The van der Waals surface area contributed by atoms with Crippen LogP contribution in [0, 0.1) is 0 Å². The summed E-state index contributed by atoms with van der Waals surface area (Å²) < 4.78 is 5.77. The van der Waals surface area contributed by atoms with Gasteiger partial charge in [-0.2, -0.15) is 0 Å². The number of benzene rings is 2. The van der Waals surface area contributed by atoms with Gasteiger partial charge < -0.3 is 15.6 Å². The average Bonchev–Trinajstić information content (AvgIpc) is 2.52. The van der Waals surface area contributed by atoms with Crippen molar-refractivity contribution in [3.63, 3.8) is 0 Å². The normalized spacial score (nSPS) is 12.4. The summed E-state index contributed by atoms with van der Waals surface area (Å²) in [5, 5.41) is 9.72. The van der Waals surface area contributed by atoms with E-state index < -0.39 is 0 Å². The smallest absolute Gasteiger partial charge is 0.127 e. The molecule has 0 radical (unpaired) electrons. The van der Waals surface area contributed by atoms with E-state index in [4.69, 9.17) is 27.2 Å². The largest absolute Gasteiger partial charge is 0.457 e. The fourth-order valence-electron chi connectivity index (χ4n) is 2.28. The van der Waals surface area contributed by atoms with E-state index in [1.807, 2.05) is 48.3 Å². The molecule has 0 fully saturated rings. The first-order valence-corrected chi connectivity index (χ1v) is 7.56. The molecule has 0 aliphatic rings. The zero-order chi connectivity index (χ0) is 15.9. The van der Waals surface area contributed by atoms with Gasteiger partial charge in [0.05, 0.1) is 6.61 Å². The summed E-state index contributed by atoms with van der Waals surface area (Å²) in [5.74, 6) is 1.50. The van der Waals surface area contributed by atoms with E-state index in [1.54, 1.807) is 12.1 Å². The summed E-state index contributed by atoms with van der Waals surface area (Å²) in [6.45, 7) is 1.20. The van der Waals surface area contributed by atoms with E-state index in [0.717, 1.165) is 17.1 Å². The maximum Gasteiger partial charge on any atom is 0.127 e. The molecule has 5 heteroatoms. The monoisotopic (exact) mass is 320 g/mol. The fourth-order valence-corrected chi connectivity index (χ4v) is 2.41. The molecule has 0 aliphatic heterocycles. The topological polar surface area (TPSA) is 58.7 Å². The molecule has 1 unspecified atom stereocenters. The molecular weight excluding hydrogens is 300 g/mol. The molecule has 0 saturated heterocycles. The summed E-state index contributed by atoms with van der Waals surface area (Å²) in [6.07, 6.45) is 0. The number of nitrogens with two attached hydrogens (primary N) is 1. The van der Waals surface area contributed by atoms with E-state index in [2.05, 4.69) is 0 Å². The van der Waals surface area contributed by atoms with Gasteiger partial charge >= 0.3 is 0 Å². The average molecular weight is 321 g/mol. The third-order valence-corrected chi connectivity index (χ3v) is 3.77. The molecule has 2 rings (SSSR count). The van der Waals surface area contributed by atoms with Crippen LogP contribution in [0.1, 0.15) is 11.6 Å². The molecule has 118 valence electrons. The molecule has 0 amide bonds. The highest BCUT2D eigenvalue weighted by molar-refractivity contribution is 6.30. The first-order valence-electron chi connectivity index (χ1n) is 7.18. The van der Waals surface area contributed by atoms with Gasteiger partial charge in [0.25, 0.3) is 0 Å². The lowest BCUT2D eigenvalue weighted by molar-refractivity contribution is 0.183. The van der Waals surface area contributed by atoms with E-state index in [1.165, 1.54) is 0 Å². The molecule has 2 aromatic carbocycles. The second-order valence-corrected chi connectivity index (χ2v) is 5.52. The molecule has 2 aromatic rings. The van der Waals surface area contributed by atoms with Crippen molar-refractivity contribution in [2.24, 2.45) is 5.73 Å². The number of aliphatic hydroxyl groups excluding tert-OH is 1. The fraction of sp³-hybridized carbons (Fsp3) is 0.294. The molecular formula is C17H21ClN2O2. The Bertz CT molecular complexity index is 572. The maximum absolute atomic E-state index is 9.04. The summed E-state index contributed by atoms with van der Waals surface area (Å²) in [4.78, 5) is 2.04. The predicted molar refractivity (Wildman–Crippen MR) is 89.5 cm³/mol. The Morgan fingerprint density at radius 3 is 2.14 bits per heavy atom. The van der Waals surface area contributed by atoms with E-state index in [9.17, 15) is 0 Å². The second-order valence-electron chi connectivity index (χ2n) is 5.08. The first-order chi connectivity index (χ1) is 10.6. The Morgan fingerprint density at radius 1 is 1.09 bits per heavy atom. The summed E-state index contributed by atoms with van der Waals surface area (Å²) in [6, 6.07) is 15.1. The molecule has 0 saturated carbocycles. The minimum atomic E-state index is 0.0803. The van der Waals surface area contributed by atoms with Crippen LogP contribution in [0.3, 0.4) is 0 Å². The molecule has 22 heavy (non-hydrogen) atoms. The standard InChI is InChI=1S/C17H21ClN2O2/c1-20(10-11-21)17(12-19)13-2-6-15(7-3-13)22-16-8-4-14(18)5-9-16/h2-9,17,21H,10-12,19H2,1H3. The SMILES string of the molecule is CN(CCO)C(CN)c1ccc(Oc2ccc(Cl)cc2)cc1. The highest BCUT2D eigenvalue weighted by Crippen LogP contribution is 2.25. The van der Waals surface area contributed by atoms with Crippen LogP contribution in [-0.4, -0.2) is 36.8 Å². The van der Waals surface area contributed by atoms with Gasteiger partial charge in [-0.25, -0.2) is 0 Å². The number of likely N-dealkylation sites (N-methyl/N-ethyl adjacent to an activating group) is 1. The van der Waals surface area contributed by atoms with Crippen LogP contribution in [0.4, 0.5) is 0 Å².